The smallest absolute Gasteiger partial charge is 0.00668 e. The molecule has 2 unspecified atom stereocenters. The third kappa shape index (κ3) is 3.21. The van der Waals surface area contributed by atoms with Gasteiger partial charge in [0.1, 0.15) is 0 Å². The van der Waals surface area contributed by atoms with E-state index in [1.165, 1.54) is 12.8 Å². The summed E-state index contributed by atoms with van der Waals surface area (Å²) < 4.78 is 0. The molecule has 0 amide bonds. The van der Waals surface area contributed by atoms with E-state index in [-0.39, 0.29) is 0 Å². The molecule has 62 valence electrons. The summed E-state index contributed by atoms with van der Waals surface area (Å²) in [6.07, 6.45) is 2.37. The van der Waals surface area contributed by atoms with Gasteiger partial charge < -0.3 is 5.73 Å². The van der Waals surface area contributed by atoms with Crippen molar-refractivity contribution in [2.75, 3.05) is 0 Å². The molecule has 0 fully saturated rings. The molecule has 1 nitrogen and oxygen atoms in total. The molecule has 1 heteroatoms. The molecule has 0 aliphatic heterocycles. The first kappa shape index (κ1) is 9.96. The van der Waals surface area contributed by atoms with E-state index < -0.39 is 0 Å². The normalized spacial score (nSPS) is 17.4. The lowest BCUT2D eigenvalue weighted by Gasteiger charge is -2.22. The lowest BCUT2D eigenvalue weighted by molar-refractivity contribution is 0.331. The summed E-state index contributed by atoms with van der Waals surface area (Å²) in [4.78, 5) is 0. The predicted molar refractivity (Wildman–Crippen MR) is 46.9 cm³/mol. The van der Waals surface area contributed by atoms with E-state index in [0.29, 0.717) is 12.0 Å². The molecular weight excluding hydrogens is 122 g/mol. The van der Waals surface area contributed by atoms with Crippen molar-refractivity contribution in [3.8, 4) is 0 Å². The van der Waals surface area contributed by atoms with E-state index in [1.807, 2.05) is 0 Å². The van der Waals surface area contributed by atoms with Gasteiger partial charge in [-0.25, -0.2) is 0 Å². The first-order chi connectivity index (χ1) is 4.59. The first-order valence-electron chi connectivity index (χ1n) is 4.35. The van der Waals surface area contributed by atoms with Gasteiger partial charge in [0.05, 0.1) is 0 Å². The Kier molecular flexibility index (Phi) is 4.71. The molecule has 0 radical (unpaired) electrons. The van der Waals surface area contributed by atoms with Gasteiger partial charge in [0.15, 0.2) is 0 Å². The van der Waals surface area contributed by atoms with Crippen molar-refractivity contribution in [3.63, 3.8) is 0 Å². The van der Waals surface area contributed by atoms with Crippen molar-refractivity contribution in [1.82, 2.24) is 0 Å². The molecule has 0 aliphatic rings. The average molecular weight is 143 g/mol. The van der Waals surface area contributed by atoms with E-state index in [4.69, 9.17) is 5.73 Å². The zero-order chi connectivity index (χ0) is 8.15. The Bertz CT molecular complexity index is 78.8. The number of hydrogen-bond acceptors (Lipinski definition) is 1. The van der Waals surface area contributed by atoms with Crippen LogP contribution < -0.4 is 5.73 Å². The third-order valence-electron chi connectivity index (χ3n) is 2.35. The predicted octanol–water partition coefficient (Wildman–Crippen LogP) is 2.41. The lowest BCUT2D eigenvalue weighted by Crippen LogP contribution is -2.31. The third-order valence-corrected chi connectivity index (χ3v) is 2.35. The Balaban J connectivity index is 3.58. The van der Waals surface area contributed by atoms with Crippen molar-refractivity contribution < 1.29 is 0 Å². The molecule has 0 heterocycles. The fraction of sp³-hybridized carbons (Fsp3) is 1.00. The summed E-state index contributed by atoms with van der Waals surface area (Å²) >= 11 is 0. The van der Waals surface area contributed by atoms with Crippen LogP contribution in [0.3, 0.4) is 0 Å². The van der Waals surface area contributed by atoms with Crippen molar-refractivity contribution in [2.24, 2.45) is 17.6 Å². The molecule has 2 atom stereocenters. The van der Waals surface area contributed by atoms with Crippen LogP contribution in [0.2, 0.25) is 0 Å². The zero-order valence-electron chi connectivity index (χ0n) is 7.72. The van der Waals surface area contributed by atoms with Gasteiger partial charge in [-0.05, 0) is 18.3 Å². The molecule has 0 saturated heterocycles. The molecule has 10 heavy (non-hydrogen) atoms. The SMILES string of the molecule is CCCC(N)C(C)C(C)C. The second-order valence-electron chi connectivity index (χ2n) is 3.56. The van der Waals surface area contributed by atoms with Gasteiger partial charge in [-0.2, -0.15) is 0 Å². The minimum atomic E-state index is 0.407. The highest BCUT2D eigenvalue weighted by atomic mass is 14.6. The molecule has 0 aliphatic carbocycles. The fourth-order valence-corrected chi connectivity index (χ4v) is 1.09. The van der Waals surface area contributed by atoms with Crippen LogP contribution >= 0.6 is 0 Å². The van der Waals surface area contributed by atoms with Crippen LogP contribution in [0.15, 0.2) is 0 Å². The number of nitrogens with two attached hydrogens (primary N) is 1. The maximum absolute atomic E-state index is 5.93. The molecular formula is C9H21N. The van der Waals surface area contributed by atoms with E-state index in [0.717, 1.165) is 5.92 Å². The van der Waals surface area contributed by atoms with Gasteiger partial charge in [-0.15, -0.1) is 0 Å². The highest BCUT2D eigenvalue weighted by molar-refractivity contribution is 4.70. The van der Waals surface area contributed by atoms with Crippen LogP contribution in [0, 0.1) is 11.8 Å². The van der Waals surface area contributed by atoms with E-state index in [2.05, 4.69) is 27.7 Å². The van der Waals surface area contributed by atoms with E-state index in [1.54, 1.807) is 0 Å². The molecule has 0 saturated carbocycles. The summed E-state index contributed by atoms with van der Waals surface area (Å²) in [5.74, 6) is 1.39. The topological polar surface area (TPSA) is 26.0 Å². The van der Waals surface area contributed by atoms with Crippen LogP contribution in [-0.4, -0.2) is 6.04 Å². The minimum absolute atomic E-state index is 0.407. The van der Waals surface area contributed by atoms with Gasteiger partial charge in [-0.1, -0.05) is 34.1 Å². The number of hydrogen-bond donors (Lipinski definition) is 1. The Morgan fingerprint density at radius 2 is 1.70 bits per heavy atom. The monoisotopic (exact) mass is 143 g/mol. The molecule has 0 bridgehead atoms. The van der Waals surface area contributed by atoms with Crippen LogP contribution in [0.5, 0.6) is 0 Å². The Labute approximate surface area is 65.0 Å². The largest absolute Gasteiger partial charge is 0.327 e. The van der Waals surface area contributed by atoms with Crippen LogP contribution in [-0.2, 0) is 0 Å². The quantitative estimate of drug-likeness (QED) is 0.642. The van der Waals surface area contributed by atoms with Crippen molar-refractivity contribution in [3.05, 3.63) is 0 Å². The van der Waals surface area contributed by atoms with Gasteiger partial charge in [0.2, 0.25) is 0 Å². The standard InChI is InChI=1S/C9H21N/c1-5-6-9(10)8(4)7(2)3/h7-9H,5-6,10H2,1-4H3. The van der Waals surface area contributed by atoms with Gasteiger partial charge in [0, 0.05) is 6.04 Å². The molecule has 0 aromatic rings. The zero-order valence-corrected chi connectivity index (χ0v) is 7.72. The average Bonchev–Trinajstić information content (AvgIpc) is 1.87. The molecule has 0 aromatic heterocycles. The summed E-state index contributed by atoms with van der Waals surface area (Å²) in [7, 11) is 0. The summed E-state index contributed by atoms with van der Waals surface area (Å²) in [6, 6.07) is 0.407. The highest BCUT2D eigenvalue weighted by Gasteiger charge is 2.14. The van der Waals surface area contributed by atoms with Crippen LogP contribution in [0.4, 0.5) is 0 Å². The Morgan fingerprint density at radius 3 is 2.00 bits per heavy atom. The summed E-state index contributed by atoms with van der Waals surface area (Å²) in [5, 5.41) is 0. The van der Waals surface area contributed by atoms with Crippen LogP contribution in [0.25, 0.3) is 0 Å². The number of rotatable bonds is 4. The molecule has 0 rings (SSSR count). The van der Waals surface area contributed by atoms with Crippen molar-refractivity contribution >= 4 is 0 Å². The van der Waals surface area contributed by atoms with Gasteiger partial charge >= 0.3 is 0 Å². The minimum Gasteiger partial charge on any atom is -0.327 e. The van der Waals surface area contributed by atoms with Crippen LogP contribution in [0.1, 0.15) is 40.5 Å². The second kappa shape index (κ2) is 4.73. The van der Waals surface area contributed by atoms with Crippen molar-refractivity contribution in [1.29, 1.82) is 0 Å². The summed E-state index contributed by atoms with van der Waals surface area (Å²) in [5.41, 5.74) is 5.93. The lowest BCUT2D eigenvalue weighted by atomic mass is 9.89. The van der Waals surface area contributed by atoms with Crippen molar-refractivity contribution in [2.45, 2.75) is 46.6 Å². The maximum atomic E-state index is 5.93. The summed E-state index contributed by atoms with van der Waals surface area (Å²) in [6.45, 7) is 8.90. The fourth-order valence-electron chi connectivity index (χ4n) is 1.09. The second-order valence-corrected chi connectivity index (χ2v) is 3.56. The first-order valence-corrected chi connectivity index (χ1v) is 4.35. The highest BCUT2D eigenvalue weighted by Crippen LogP contribution is 2.15. The van der Waals surface area contributed by atoms with Gasteiger partial charge in [-0.3, -0.25) is 0 Å². The van der Waals surface area contributed by atoms with E-state index in [9.17, 15) is 0 Å². The molecule has 2 N–H and O–H groups in total. The van der Waals surface area contributed by atoms with Gasteiger partial charge in [0.25, 0.3) is 0 Å². The Morgan fingerprint density at radius 1 is 1.20 bits per heavy atom. The van der Waals surface area contributed by atoms with E-state index >= 15 is 0 Å². The Hall–Kier alpha value is -0.0400. The molecule has 0 spiro atoms. The maximum Gasteiger partial charge on any atom is 0.00668 e. The molecule has 0 aromatic carbocycles.